The number of pyridine rings is 1. The summed E-state index contributed by atoms with van der Waals surface area (Å²) in [5, 5.41) is 5.79. The molecule has 1 aromatic heterocycles. The van der Waals surface area contributed by atoms with Crippen LogP contribution in [0.1, 0.15) is 42.2 Å². The van der Waals surface area contributed by atoms with E-state index in [9.17, 15) is 14.4 Å². The van der Waals surface area contributed by atoms with Crippen molar-refractivity contribution in [2.45, 2.75) is 13.0 Å². The Bertz CT molecular complexity index is 1470. The fourth-order valence-electron chi connectivity index (χ4n) is 4.34. The highest BCUT2D eigenvalue weighted by Crippen LogP contribution is 2.23. The Balaban J connectivity index is 1.21. The lowest BCUT2D eigenvalue weighted by molar-refractivity contribution is 0.0780. The topological polar surface area (TPSA) is 91.4 Å². The Morgan fingerprint density at radius 1 is 0.865 bits per heavy atom. The van der Waals surface area contributed by atoms with Gasteiger partial charge in [0.2, 0.25) is 0 Å². The average molecular weight is 491 g/mol. The number of likely N-dealkylation sites (N-methyl/N-ethyl adjacent to an activating group) is 1. The monoisotopic (exact) mass is 490 g/mol. The molecule has 0 saturated carbocycles. The molecule has 0 spiro atoms. The molecule has 2 N–H and O–H groups in total. The van der Waals surface area contributed by atoms with Gasteiger partial charge in [-0.15, -0.1) is 0 Å². The maximum absolute atomic E-state index is 12.9. The third-order valence-corrected chi connectivity index (χ3v) is 6.46. The summed E-state index contributed by atoms with van der Waals surface area (Å²) in [5.41, 5.74) is 6.05. The minimum Gasteiger partial charge on any atom is -0.348 e. The zero-order chi connectivity index (χ0) is 25.8. The first-order valence-electron chi connectivity index (χ1n) is 12.1. The van der Waals surface area contributed by atoms with Crippen molar-refractivity contribution in [1.29, 1.82) is 0 Å². The highest BCUT2D eigenvalue weighted by Gasteiger charge is 2.22. The van der Waals surface area contributed by atoms with Crippen LogP contribution in [0.2, 0.25) is 0 Å². The molecule has 184 valence electrons. The number of anilines is 1. The van der Waals surface area contributed by atoms with Gasteiger partial charge < -0.3 is 15.5 Å². The lowest BCUT2D eigenvalue weighted by Crippen LogP contribution is -2.34. The zero-order valence-corrected chi connectivity index (χ0v) is 20.4. The number of benzene rings is 3. The maximum atomic E-state index is 12.9. The van der Waals surface area contributed by atoms with E-state index in [1.165, 1.54) is 0 Å². The maximum Gasteiger partial charge on any atom is 0.255 e. The normalized spacial score (nSPS) is 12.6. The van der Waals surface area contributed by atoms with Crippen LogP contribution in [-0.4, -0.2) is 41.2 Å². The molecular weight excluding hydrogens is 464 g/mol. The Morgan fingerprint density at radius 3 is 2.41 bits per heavy atom. The van der Waals surface area contributed by atoms with Crippen LogP contribution in [0, 0.1) is 0 Å². The van der Waals surface area contributed by atoms with Gasteiger partial charge in [0, 0.05) is 54.9 Å². The molecule has 0 aliphatic carbocycles. The van der Waals surface area contributed by atoms with Crippen molar-refractivity contribution in [3.05, 3.63) is 119 Å². The lowest BCUT2D eigenvalue weighted by atomic mass is 9.98. The molecule has 3 aromatic carbocycles. The highest BCUT2D eigenvalue weighted by molar-refractivity contribution is 6.05. The summed E-state index contributed by atoms with van der Waals surface area (Å²) in [7, 11) is 1.78. The van der Waals surface area contributed by atoms with E-state index < -0.39 is 0 Å². The van der Waals surface area contributed by atoms with Gasteiger partial charge >= 0.3 is 0 Å². The highest BCUT2D eigenvalue weighted by atomic mass is 16.2. The summed E-state index contributed by atoms with van der Waals surface area (Å²) in [6, 6.07) is 23.8. The van der Waals surface area contributed by atoms with E-state index in [4.69, 9.17) is 0 Å². The fourth-order valence-corrected chi connectivity index (χ4v) is 4.34. The predicted molar refractivity (Wildman–Crippen MR) is 142 cm³/mol. The largest absolute Gasteiger partial charge is 0.348 e. The van der Waals surface area contributed by atoms with E-state index in [0.29, 0.717) is 28.9 Å². The first kappa shape index (κ1) is 23.9. The number of carbonyl (C=O) groups excluding carboxylic acids is 3. The molecule has 5 rings (SSSR count). The van der Waals surface area contributed by atoms with Gasteiger partial charge in [-0.1, -0.05) is 30.3 Å². The minimum atomic E-state index is -0.281. The van der Waals surface area contributed by atoms with Crippen LogP contribution >= 0.6 is 0 Å². The summed E-state index contributed by atoms with van der Waals surface area (Å²) in [6.07, 6.45) is 4.27. The van der Waals surface area contributed by atoms with E-state index >= 15 is 0 Å². The van der Waals surface area contributed by atoms with E-state index in [0.717, 1.165) is 28.7 Å². The van der Waals surface area contributed by atoms with Gasteiger partial charge in [0.05, 0.1) is 0 Å². The molecule has 0 atom stereocenters. The van der Waals surface area contributed by atoms with Crippen LogP contribution in [0.4, 0.5) is 5.69 Å². The van der Waals surface area contributed by atoms with Crippen LogP contribution < -0.4 is 10.6 Å². The molecule has 4 aromatic rings. The molecule has 37 heavy (non-hydrogen) atoms. The van der Waals surface area contributed by atoms with Crippen molar-refractivity contribution in [2.24, 2.45) is 0 Å². The summed E-state index contributed by atoms with van der Waals surface area (Å²) in [4.78, 5) is 43.7. The SMILES string of the molecule is CN1CCc2ccc(NC(=O)c3cccc(CNC(=O)c4ccc(-c5ccncc5)cc4)c3)cc2C1=O. The van der Waals surface area contributed by atoms with Crippen molar-refractivity contribution >= 4 is 23.4 Å². The summed E-state index contributed by atoms with van der Waals surface area (Å²) in [5.74, 6) is -0.515. The average Bonchev–Trinajstić information content (AvgIpc) is 2.94. The van der Waals surface area contributed by atoms with E-state index in [2.05, 4.69) is 15.6 Å². The van der Waals surface area contributed by atoms with Crippen LogP contribution in [0.25, 0.3) is 11.1 Å². The Hall–Kier alpha value is -4.78. The number of hydrogen-bond acceptors (Lipinski definition) is 4. The van der Waals surface area contributed by atoms with Gasteiger partial charge in [-0.25, -0.2) is 0 Å². The first-order chi connectivity index (χ1) is 18.0. The van der Waals surface area contributed by atoms with Gasteiger partial charge in [0.15, 0.2) is 0 Å². The Labute approximate surface area is 215 Å². The minimum absolute atomic E-state index is 0.0397. The molecular formula is C30H26N4O3. The second kappa shape index (κ2) is 10.5. The molecule has 7 heteroatoms. The number of hydrogen-bond donors (Lipinski definition) is 2. The molecule has 0 bridgehead atoms. The summed E-state index contributed by atoms with van der Waals surface area (Å²) >= 11 is 0. The summed E-state index contributed by atoms with van der Waals surface area (Å²) in [6.45, 7) is 0.976. The molecule has 1 aliphatic rings. The van der Waals surface area contributed by atoms with E-state index in [1.807, 2.05) is 42.5 Å². The van der Waals surface area contributed by atoms with Gasteiger partial charge in [-0.3, -0.25) is 19.4 Å². The van der Waals surface area contributed by atoms with Gasteiger partial charge in [-0.2, -0.15) is 0 Å². The molecule has 0 unspecified atom stereocenters. The van der Waals surface area contributed by atoms with Crippen molar-refractivity contribution in [3.63, 3.8) is 0 Å². The lowest BCUT2D eigenvalue weighted by Gasteiger charge is -2.25. The van der Waals surface area contributed by atoms with Crippen LogP contribution in [0.3, 0.4) is 0 Å². The molecule has 0 fully saturated rings. The van der Waals surface area contributed by atoms with Gasteiger partial charge in [-0.05, 0) is 77.2 Å². The van der Waals surface area contributed by atoms with Crippen LogP contribution in [0.15, 0.2) is 91.3 Å². The van der Waals surface area contributed by atoms with Crippen LogP contribution in [0.5, 0.6) is 0 Å². The fraction of sp³-hybridized carbons (Fsp3) is 0.133. The smallest absolute Gasteiger partial charge is 0.255 e. The number of nitrogens with one attached hydrogen (secondary N) is 2. The molecule has 0 saturated heterocycles. The molecule has 1 aliphatic heterocycles. The second-order valence-corrected chi connectivity index (χ2v) is 9.00. The molecule has 7 nitrogen and oxygen atoms in total. The molecule has 2 heterocycles. The van der Waals surface area contributed by atoms with Crippen molar-refractivity contribution < 1.29 is 14.4 Å². The third kappa shape index (κ3) is 5.41. The number of nitrogens with zero attached hydrogens (tertiary/aromatic N) is 2. The summed E-state index contributed by atoms with van der Waals surface area (Å²) < 4.78 is 0. The number of aromatic nitrogens is 1. The zero-order valence-electron chi connectivity index (χ0n) is 20.4. The Kier molecular flexibility index (Phi) is 6.76. The quantitative estimate of drug-likeness (QED) is 0.415. The van der Waals surface area contributed by atoms with Crippen molar-refractivity contribution in [2.75, 3.05) is 18.9 Å². The van der Waals surface area contributed by atoms with E-state index in [1.54, 1.807) is 60.7 Å². The van der Waals surface area contributed by atoms with Crippen LogP contribution in [-0.2, 0) is 13.0 Å². The van der Waals surface area contributed by atoms with Gasteiger partial charge in [0.25, 0.3) is 17.7 Å². The van der Waals surface area contributed by atoms with Gasteiger partial charge in [0.1, 0.15) is 0 Å². The number of carbonyl (C=O) groups is 3. The predicted octanol–water partition coefficient (Wildman–Crippen LogP) is 4.56. The van der Waals surface area contributed by atoms with Crippen molar-refractivity contribution in [3.8, 4) is 11.1 Å². The molecule has 3 amide bonds. The third-order valence-electron chi connectivity index (χ3n) is 6.46. The number of fused-ring (bicyclic) bond motifs is 1. The number of amides is 3. The number of rotatable bonds is 6. The van der Waals surface area contributed by atoms with Crippen molar-refractivity contribution in [1.82, 2.24) is 15.2 Å². The first-order valence-corrected chi connectivity index (χ1v) is 12.1. The Morgan fingerprint density at radius 2 is 1.62 bits per heavy atom. The molecule has 0 radical (unpaired) electrons. The van der Waals surface area contributed by atoms with E-state index in [-0.39, 0.29) is 24.3 Å². The standard InChI is InChI=1S/C30H26N4O3/c1-34-16-13-23-9-10-26(18-27(23)30(34)37)33-29(36)25-4-2-3-20(17-25)19-32-28(35)24-7-5-21(6-8-24)22-11-14-31-15-12-22/h2-12,14-15,17-18H,13,16,19H2,1H3,(H,32,35)(H,33,36). The second-order valence-electron chi connectivity index (χ2n) is 9.00.